The number of hydrogen-bond acceptors (Lipinski definition) is 4. The molecule has 3 rings (SSSR count). The fourth-order valence-electron chi connectivity index (χ4n) is 2.84. The van der Waals surface area contributed by atoms with Gasteiger partial charge in [0.15, 0.2) is 0 Å². The van der Waals surface area contributed by atoms with Crippen LogP contribution in [-0.2, 0) is 16.1 Å². The van der Waals surface area contributed by atoms with E-state index in [1.807, 2.05) is 6.07 Å². The lowest BCUT2D eigenvalue weighted by Gasteiger charge is -2.37. The average molecular weight is 322 g/mol. The molecule has 23 heavy (non-hydrogen) atoms. The maximum atomic E-state index is 13.4. The van der Waals surface area contributed by atoms with Gasteiger partial charge < -0.3 is 24.4 Å². The summed E-state index contributed by atoms with van der Waals surface area (Å²) in [5.74, 6) is -0.619. The number of aromatic nitrogens is 1. The van der Waals surface area contributed by atoms with Crippen molar-refractivity contribution in [3.63, 3.8) is 0 Å². The predicted octanol–water partition coefficient (Wildman–Crippen LogP) is 0.359. The molecule has 0 saturated carbocycles. The molecule has 1 fully saturated rings. The molecule has 1 aliphatic rings. The number of carbonyl (C=O) groups excluding carboxylic acids is 1. The smallest absolute Gasteiger partial charge is 0.242 e. The molecule has 2 N–H and O–H groups in total. The molecular formula is C16H19FN2O4. The Labute approximate surface area is 132 Å². The maximum Gasteiger partial charge on any atom is 0.242 e. The molecule has 124 valence electrons. The third kappa shape index (κ3) is 3.08. The Morgan fingerprint density at radius 3 is 2.96 bits per heavy atom. The number of nitrogens with zero attached hydrogens (tertiary/aromatic N) is 2. The van der Waals surface area contributed by atoms with Gasteiger partial charge >= 0.3 is 0 Å². The Morgan fingerprint density at radius 2 is 2.17 bits per heavy atom. The molecule has 3 atom stereocenters. The fraction of sp³-hybridized carbons (Fsp3) is 0.438. The van der Waals surface area contributed by atoms with Crippen molar-refractivity contribution in [1.82, 2.24) is 9.47 Å². The normalized spacial score (nSPS) is 24.8. The van der Waals surface area contributed by atoms with Gasteiger partial charge in [-0.1, -0.05) is 0 Å². The van der Waals surface area contributed by atoms with Crippen molar-refractivity contribution in [2.24, 2.45) is 0 Å². The Hall–Kier alpha value is -1.96. The zero-order valence-corrected chi connectivity index (χ0v) is 12.7. The number of carbonyl (C=O) groups is 1. The lowest BCUT2D eigenvalue weighted by molar-refractivity contribution is -0.153. The van der Waals surface area contributed by atoms with Crippen LogP contribution in [0.5, 0.6) is 0 Å². The molecule has 1 aromatic carbocycles. The summed E-state index contributed by atoms with van der Waals surface area (Å²) in [6, 6.07) is 5.61. The largest absolute Gasteiger partial charge is 0.388 e. The Morgan fingerprint density at radius 1 is 1.39 bits per heavy atom. The van der Waals surface area contributed by atoms with Crippen molar-refractivity contribution in [3.8, 4) is 0 Å². The summed E-state index contributed by atoms with van der Waals surface area (Å²) < 4.78 is 20.2. The standard InChI is InChI=1S/C16H19FN2O4/c1-18(13-8-23-9-14(20)16(13)22)15(21)7-19-5-4-10-2-3-11(17)6-12(10)19/h2-6,13-14,16,20,22H,7-9H2,1H3/t13-,14-,16+/m1/s1. The summed E-state index contributed by atoms with van der Waals surface area (Å²) in [7, 11) is 1.56. The van der Waals surface area contributed by atoms with Crippen molar-refractivity contribution < 1.29 is 24.1 Å². The van der Waals surface area contributed by atoms with Crippen LogP contribution in [0.4, 0.5) is 4.39 Å². The lowest BCUT2D eigenvalue weighted by atomic mass is 10.0. The number of likely N-dealkylation sites (N-methyl/N-ethyl adjacent to an activating group) is 1. The van der Waals surface area contributed by atoms with E-state index in [9.17, 15) is 19.4 Å². The van der Waals surface area contributed by atoms with Crippen LogP contribution in [0.25, 0.3) is 10.9 Å². The van der Waals surface area contributed by atoms with Gasteiger partial charge in [0.2, 0.25) is 5.91 Å². The Kier molecular flexibility index (Phi) is 4.34. The first-order valence-corrected chi connectivity index (χ1v) is 7.41. The van der Waals surface area contributed by atoms with E-state index in [-0.39, 0.29) is 31.5 Å². The van der Waals surface area contributed by atoms with Gasteiger partial charge in [-0.2, -0.15) is 0 Å². The number of aliphatic hydroxyl groups is 2. The van der Waals surface area contributed by atoms with Crippen LogP contribution >= 0.6 is 0 Å². The number of rotatable bonds is 3. The molecule has 1 aliphatic heterocycles. The first-order chi connectivity index (χ1) is 11.0. The summed E-state index contributed by atoms with van der Waals surface area (Å²) in [6.07, 6.45) is -0.333. The monoisotopic (exact) mass is 322 g/mol. The first kappa shape index (κ1) is 15.9. The topological polar surface area (TPSA) is 74.9 Å². The minimum Gasteiger partial charge on any atom is -0.388 e. The van der Waals surface area contributed by atoms with E-state index < -0.39 is 18.2 Å². The number of benzene rings is 1. The van der Waals surface area contributed by atoms with Crippen molar-refractivity contribution in [2.75, 3.05) is 20.3 Å². The average Bonchev–Trinajstić information content (AvgIpc) is 2.91. The van der Waals surface area contributed by atoms with Crippen LogP contribution in [0, 0.1) is 5.82 Å². The number of hydrogen-bond donors (Lipinski definition) is 2. The highest BCUT2D eigenvalue weighted by Crippen LogP contribution is 2.18. The van der Waals surface area contributed by atoms with Gasteiger partial charge in [0.25, 0.3) is 0 Å². The van der Waals surface area contributed by atoms with Crippen molar-refractivity contribution in [3.05, 3.63) is 36.3 Å². The van der Waals surface area contributed by atoms with Crippen LogP contribution in [0.3, 0.4) is 0 Å². The van der Waals surface area contributed by atoms with Crippen LogP contribution in [0.1, 0.15) is 0 Å². The predicted molar refractivity (Wildman–Crippen MR) is 81.3 cm³/mol. The fourth-order valence-corrected chi connectivity index (χ4v) is 2.84. The van der Waals surface area contributed by atoms with Crippen LogP contribution in [-0.4, -0.2) is 64.1 Å². The molecular weight excluding hydrogens is 303 g/mol. The number of amides is 1. The second kappa shape index (κ2) is 6.27. The van der Waals surface area contributed by atoms with Gasteiger partial charge in [-0.05, 0) is 29.7 Å². The molecule has 0 bridgehead atoms. The minimum atomic E-state index is -1.04. The number of fused-ring (bicyclic) bond motifs is 1. The van der Waals surface area contributed by atoms with E-state index in [0.29, 0.717) is 5.52 Å². The van der Waals surface area contributed by atoms with Gasteiger partial charge in [0.1, 0.15) is 24.6 Å². The highest BCUT2D eigenvalue weighted by molar-refractivity contribution is 5.83. The number of halogens is 1. The molecule has 6 nitrogen and oxygen atoms in total. The van der Waals surface area contributed by atoms with Crippen molar-refractivity contribution in [2.45, 2.75) is 24.8 Å². The highest BCUT2D eigenvalue weighted by atomic mass is 19.1. The molecule has 2 aromatic rings. The second-order valence-corrected chi connectivity index (χ2v) is 5.81. The highest BCUT2D eigenvalue weighted by Gasteiger charge is 2.35. The van der Waals surface area contributed by atoms with Crippen LogP contribution in [0.2, 0.25) is 0 Å². The second-order valence-electron chi connectivity index (χ2n) is 5.81. The van der Waals surface area contributed by atoms with E-state index in [4.69, 9.17) is 4.74 Å². The third-order valence-corrected chi connectivity index (χ3v) is 4.30. The summed E-state index contributed by atoms with van der Waals surface area (Å²) in [4.78, 5) is 13.8. The lowest BCUT2D eigenvalue weighted by Crippen LogP contribution is -2.56. The molecule has 1 amide bonds. The summed E-state index contributed by atoms with van der Waals surface area (Å²) in [6.45, 7) is 0.242. The number of aliphatic hydroxyl groups excluding tert-OH is 2. The zero-order valence-electron chi connectivity index (χ0n) is 12.7. The SMILES string of the molecule is CN(C(=O)Cn1ccc2ccc(F)cc21)[C@@H]1COC[C@@H](O)[C@H]1O. The van der Waals surface area contributed by atoms with Gasteiger partial charge in [-0.25, -0.2) is 4.39 Å². The molecule has 7 heteroatoms. The summed E-state index contributed by atoms with van der Waals surface area (Å²) in [5, 5.41) is 20.5. The van der Waals surface area contributed by atoms with Gasteiger partial charge in [-0.3, -0.25) is 4.79 Å². The molecule has 2 heterocycles. The molecule has 1 saturated heterocycles. The molecule has 0 unspecified atom stereocenters. The molecule has 1 aromatic heterocycles. The molecule has 0 radical (unpaired) electrons. The quantitative estimate of drug-likeness (QED) is 0.856. The van der Waals surface area contributed by atoms with E-state index in [1.165, 1.54) is 17.0 Å². The number of ether oxygens (including phenoxy) is 1. The van der Waals surface area contributed by atoms with Gasteiger partial charge in [0, 0.05) is 13.2 Å². The van der Waals surface area contributed by atoms with Gasteiger partial charge in [-0.15, -0.1) is 0 Å². The Bertz CT molecular complexity index is 717. The maximum absolute atomic E-state index is 13.4. The minimum absolute atomic E-state index is 0.0166. The van der Waals surface area contributed by atoms with Crippen molar-refractivity contribution >= 4 is 16.8 Å². The summed E-state index contributed by atoms with van der Waals surface area (Å²) in [5.41, 5.74) is 0.632. The van der Waals surface area contributed by atoms with Crippen LogP contribution < -0.4 is 0 Å². The van der Waals surface area contributed by atoms with E-state index in [2.05, 4.69) is 0 Å². The first-order valence-electron chi connectivity index (χ1n) is 7.41. The van der Waals surface area contributed by atoms with Gasteiger partial charge in [0.05, 0.1) is 24.8 Å². The zero-order chi connectivity index (χ0) is 16.6. The van der Waals surface area contributed by atoms with Crippen molar-refractivity contribution in [1.29, 1.82) is 0 Å². The van der Waals surface area contributed by atoms with E-state index in [1.54, 1.807) is 23.9 Å². The summed E-state index contributed by atoms with van der Waals surface area (Å²) >= 11 is 0. The molecule has 0 aliphatic carbocycles. The third-order valence-electron chi connectivity index (χ3n) is 4.30. The molecule has 0 spiro atoms. The van der Waals surface area contributed by atoms with Crippen LogP contribution in [0.15, 0.2) is 30.5 Å². The Balaban J connectivity index is 1.76. The van der Waals surface area contributed by atoms with E-state index >= 15 is 0 Å². The van der Waals surface area contributed by atoms with E-state index in [0.717, 1.165) is 5.39 Å².